The van der Waals surface area contributed by atoms with E-state index in [9.17, 15) is 4.39 Å². The average Bonchev–Trinajstić information content (AvgIpc) is 3.16. The maximum Gasteiger partial charge on any atom is 1.00 e. The number of hydrogen-bond donors (Lipinski definition) is 1. The molecule has 0 aliphatic carbocycles. The van der Waals surface area contributed by atoms with E-state index in [2.05, 4.69) is 44.5 Å². The van der Waals surface area contributed by atoms with E-state index in [4.69, 9.17) is 4.74 Å². The summed E-state index contributed by atoms with van der Waals surface area (Å²) in [4.78, 5) is 12.9. The first kappa shape index (κ1) is 22.9. The molecule has 3 aromatic heterocycles. The molecule has 8 heteroatoms. The summed E-state index contributed by atoms with van der Waals surface area (Å²) in [6, 6.07) is 12.9. The first-order valence-corrected chi connectivity index (χ1v) is 9.23. The van der Waals surface area contributed by atoms with Crippen molar-refractivity contribution in [3.8, 4) is 11.4 Å². The number of fused-ring (bicyclic) bond motifs is 1. The fourth-order valence-corrected chi connectivity index (χ4v) is 2.94. The Bertz CT molecular complexity index is 1100. The zero-order valence-electron chi connectivity index (χ0n) is 16.9. The molecule has 3 heterocycles. The molecule has 1 aromatic carbocycles. The number of imidazole rings is 1. The number of rotatable bonds is 8. The van der Waals surface area contributed by atoms with Crippen LogP contribution in [0.4, 0.5) is 10.2 Å². The predicted octanol–water partition coefficient (Wildman–Crippen LogP) is 1.30. The van der Waals surface area contributed by atoms with E-state index >= 15 is 0 Å². The Morgan fingerprint density at radius 2 is 1.93 bits per heavy atom. The number of aromatic nitrogens is 4. The van der Waals surface area contributed by atoms with Crippen molar-refractivity contribution in [1.29, 1.82) is 0 Å². The molecule has 30 heavy (non-hydrogen) atoms. The third kappa shape index (κ3) is 5.66. The Hall–Kier alpha value is -1.81. The summed E-state index contributed by atoms with van der Waals surface area (Å²) in [6.07, 6.45) is 6.85. The maximum atomic E-state index is 13.4. The Kier molecular flexibility index (Phi) is 8.38. The van der Waals surface area contributed by atoms with Crippen molar-refractivity contribution < 1.29 is 60.5 Å². The molecule has 0 atom stereocenters. The zero-order chi connectivity index (χ0) is 20.1. The molecule has 0 fully saturated rings. The number of pyridine rings is 1. The van der Waals surface area contributed by atoms with Gasteiger partial charge >= 0.3 is 51.4 Å². The van der Waals surface area contributed by atoms with Crippen LogP contribution < -0.4 is 56.7 Å². The van der Waals surface area contributed by atoms with Crippen LogP contribution in [0.15, 0.2) is 61.2 Å². The van der Waals surface area contributed by atoms with Crippen LogP contribution in [-0.2, 0) is 11.3 Å². The van der Waals surface area contributed by atoms with Crippen molar-refractivity contribution in [2.45, 2.75) is 13.5 Å². The monoisotopic (exact) mass is 428 g/mol. The molecule has 0 bridgehead atoms. The molecule has 0 unspecified atom stereocenters. The van der Waals surface area contributed by atoms with Crippen molar-refractivity contribution in [2.24, 2.45) is 0 Å². The summed E-state index contributed by atoms with van der Waals surface area (Å²) in [6.45, 7) is 4.73. The average molecular weight is 429 g/mol. The Morgan fingerprint density at radius 3 is 2.73 bits per heavy atom. The molecule has 1 N–H and O–H groups in total. The third-order valence-electron chi connectivity index (χ3n) is 4.44. The number of halogens is 1. The minimum Gasteiger partial charge on any atom is -0.558 e. The van der Waals surface area contributed by atoms with Crippen molar-refractivity contribution >= 4 is 11.5 Å². The van der Waals surface area contributed by atoms with Gasteiger partial charge in [-0.05, 0) is 12.7 Å². The van der Waals surface area contributed by atoms with Crippen molar-refractivity contribution in [2.75, 3.05) is 11.9 Å². The first-order chi connectivity index (χ1) is 14.2. The number of ether oxygens (including phenoxy) is 1. The van der Waals surface area contributed by atoms with E-state index in [1.165, 1.54) is 18.5 Å². The second-order valence-corrected chi connectivity index (χ2v) is 6.37. The maximum absolute atomic E-state index is 13.4. The summed E-state index contributed by atoms with van der Waals surface area (Å²) in [5, 5.41) is 3.31. The van der Waals surface area contributed by atoms with Gasteiger partial charge in [0, 0.05) is 24.9 Å². The molecule has 0 saturated carbocycles. The van der Waals surface area contributed by atoms with Gasteiger partial charge in [0.15, 0.2) is 0 Å². The van der Waals surface area contributed by atoms with Gasteiger partial charge in [-0.3, -0.25) is 4.40 Å². The van der Waals surface area contributed by atoms with Crippen LogP contribution in [0.25, 0.3) is 17.0 Å². The van der Waals surface area contributed by atoms with E-state index in [0.717, 1.165) is 16.8 Å². The fourth-order valence-electron chi connectivity index (χ4n) is 2.94. The normalized spacial score (nSPS) is 10.6. The van der Waals surface area contributed by atoms with Gasteiger partial charge in [-0.15, -0.1) is 12.1 Å². The molecule has 148 valence electrons. The van der Waals surface area contributed by atoms with Crippen molar-refractivity contribution in [3.05, 3.63) is 91.2 Å². The largest absolute Gasteiger partial charge is 1.00 e. The zero-order valence-corrected chi connectivity index (χ0v) is 20.0. The molecular formula is C22H20FKN5O-. The van der Waals surface area contributed by atoms with Crippen LogP contribution in [0.1, 0.15) is 18.1 Å². The SMILES string of the molecule is C[CH-]OC[CH-]c1ccc(CNc2cc(-c3cnc4cc(F)ccn34)ncn2)cc1.[K+]. The van der Waals surface area contributed by atoms with Gasteiger partial charge in [0.1, 0.15) is 23.6 Å². The van der Waals surface area contributed by atoms with Crippen LogP contribution in [0, 0.1) is 18.8 Å². The molecule has 0 aliphatic rings. The fraction of sp³-hybridized carbons (Fsp3) is 0.136. The van der Waals surface area contributed by atoms with Gasteiger partial charge in [-0.1, -0.05) is 5.56 Å². The number of anilines is 1. The molecule has 0 amide bonds. The van der Waals surface area contributed by atoms with Gasteiger partial charge in [0.2, 0.25) is 0 Å². The van der Waals surface area contributed by atoms with Gasteiger partial charge in [-0.25, -0.2) is 25.9 Å². The molecule has 0 saturated heterocycles. The Balaban J connectivity index is 0.00000256. The van der Waals surface area contributed by atoms with Crippen LogP contribution in [-0.4, -0.2) is 26.0 Å². The van der Waals surface area contributed by atoms with E-state index in [1.54, 1.807) is 23.4 Å². The van der Waals surface area contributed by atoms with Crippen LogP contribution >= 0.6 is 0 Å². The van der Waals surface area contributed by atoms with Crippen LogP contribution in [0.5, 0.6) is 0 Å². The van der Waals surface area contributed by atoms with Crippen molar-refractivity contribution in [3.63, 3.8) is 0 Å². The molecule has 0 spiro atoms. The molecular weight excluding hydrogens is 408 g/mol. The molecule has 6 nitrogen and oxygen atoms in total. The Morgan fingerprint density at radius 1 is 1.10 bits per heavy atom. The number of nitrogens with zero attached hydrogens (tertiary/aromatic N) is 4. The molecule has 4 aromatic rings. The Labute approximate surface area is 217 Å². The smallest absolute Gasteiger partial charge is 0.558 e. The standard InChI is InChI=1S/C22H20FN5O.K/c1-2-29-10-8-16-3-5-17(6-4-16)13-24-21-12-19(26-15-27-21)20-14-25-22-11-18(23)7-9-28(20)22;/h2-9,11-12,14-15H,10,13H2,1H3,(H,24,26,27);/q-2;+1. The van der Waals surface area contributed by atoms with E-state index in [0.29, 0.717) is 30.3 Å². The minimum atomic E-state index is -0.320. The number of nitrogens with one attached hydrogen (secondary N) is 1. The summed E-state index contributed by atoms with van der Waals surface area (Å²) < 4.78 is 20.4. The van der Waals surface area contributed by atoms with Gasteiger partial charge in [0.05, 0.1) is 17.6 Å². The predicted molar refractivity (Wildman–Crippen MR) is 109 cm³/mol. The third-order valence-corrected chi connectivity index (χ3v) is 4.44. The number of benzene rings is 1. The summed E-state index contributed by atoms with van der Waals surface area (Å²) in [5.41, 5.74) is 4.27. The molecule has 0 aliphatic heterocycles. The van der Waals surface area contributed by atoms with Crippen LogP contribution in [0.3, 0.4) is 0 Å². The topological polar surface area (TPSA) is 64.3 Å². The van der Waals surface area contributed by atoms with E-state index in [-0.39, 0.29) is 57.2 Å². The molecule has 4 rings (SSSR count). The first-order valence-electron chi connectivity index (χ1n) is 9.23. The summed E-state index contributed by atoms with van der Waals surface area (Å²) >= 11 is 0. The minimum absolute atomic E-state index is 0. The quantitative estimate of drug-likeness (QED) is 0.260. The summed E-state index contributed by atoms with van der Waals surface area (Å²) in [7, 11) is 0. The van der Waals surface area contributed by atoms with Crippen molar-refractivity contribution in [1.82, 2.24) is 19.4 Å². The van der Waals surface area contributed by atoms with Gasteiger partial charge in [0.25, 0.3) is 0 Å². The van der Waals surface area contributed by atoms with Crippen LogP contribution in [0.2, 0.25) is 0 Å². The van der Waals surface area contributed by atoms with Gasteiger partial charge < -0.3 is 10.1 Å². The van der Waals surface area contributed by atoms with Gasteiger partial charge in [-0.2, -0.15) is 31.0 Å². The number of hydrogen-bond acceptors (Lipinski definition) is 5. The molecule has 0 radical (unpaired) electrons. The summed E-state index contributed by atoms with van der Waals surface area (Å²) in [5.74, 6) is 0.383. The van der Waals surface area contributed by atoms with E-state index in [1.807, 2.05) is 19.4 Å². The second-order valence-electron chi connectivity index (χ2n) is 6.37. The van der Waals surface area contributed by atoms with E-state index < -0.39 is 0 Å². The second kappa shape index (κ2) is 11.0.